The molecule has 27 heavy (non-hydrogen) atoms. The van der Waals surface area contributed by atoms with Crippen LogP contribution < -0.4 is 9.47 Å². The van der Waals surface area contributed by atoms with Gasteiger partial charge in [-0.05, 0) is 55.7 Å². The molecule has 2 aliphatic heterocycles. The number of ether oxygens (including phenoxy) is 2. The molecule has 2 atom stereocenters. The molecule has 142 valence electrons. The number of hydrogen-bond donors (Lipinski definition) is 1. The summed E-state index contributed by atoms with van der Waals surface area (Å²) in [5, 5.41) is 9.37. The maximum absolute atomic E-state index is 13.0. The van der Waals surface area contributed by atoms with Gasteiger partial charge in [0.05, 0.1) is 10.8 Å². The fraction of sp³-hybridized carbons (Fsp3) is 0.400. The number of nitrogens with zero attached hydrogens (tertiary/aromatic N) is 1. The van der Waals surface area contributed by atoms with Crippen LogP contribution in [-0.2, 0) is 4.79 Å². The van der Waals surface area contributed by atoms with Crippen LogP contribution in [0, 0.1) is 5.92 Å². The summed E-state index contributed by atoms with van der Waals surface area (Å²) in [6, 6.07) is 9.21. The number of carboxylic acid groups (broad SMARTS) is 1. The molecule has 2 aromatic rings. The molecule has 4 rings (SSSR count). The van der Waals surface area contributed by atoms with Gasteiger partial charge < -0.3 is 19.5 Å². The molecular formula is C20H21NO5S. The van der Waals surface area contributed by atoms with E-state index in [1.165, 1.54) is 11.3 Å². The van der Waals surface area contributed by atoms with Crippen molar-refractivity contribution in [3.63, 3.8) is 0 Å². The van der Waals surface area contributed by atoms with Gasteiger partial charge >= 0.3 is 5.97 Å². The third-order valence-electron chi connectivity index (χ3n) is 5.21. The van der Waals surface area contributed by atoms with Gasteiger partial charge in [0.2, 0.25) is 0 Å². The average Bonchev–Trinajstić information content (AvgIpc) is 3.17. The van der Waals surface area contributed by atoms with Crippen LogP contribution in [0.4, 0.5) is 0 Å². The van der Waals surface area contributed by atoms with E-state index in [0.717, 1.165) is 16.2 Å². The molecule has 1 N–H and O–H groups in total. The summed E-state index contributed by atoms with van der Waals surface area (Å²) in [4.78, 5) is 27.7. The minimum atomic E-state index is -0.830. The van der Waals surface area contributed by atoms with E-state index in [0.29, 0.717) is 43.2 Å². The number of piperidine rings is 1. The second-order valence-electron chi connectivity index (χ2n) is 6.85. The maximum atomic E-state index is 13.0. The summed E-state index contributed by atoms with van der Waals surface area (Å²) in [6.07, 6.45) is 1.33. The highest BCUT2D eigenvalue weighted by Crippen LogP contribution is 2.37. The quantitative estimate of drug-likeness (QED) is 0.872. The van der Waals surface area contributed by atoms with Gasteiger partial charge in [-0.1, -0.05) is 0 Å². The summed E-state index contributed by atoms with van der Waals surface area (Å²) in [5.74, 6) is 0.0269. The number of fused-ring (bicyclic) bond motifs is 1. The van der Waals surface area contributed by atoms with Gasteiger partial charge in [0.1, 0.15) is 13.2 Å². The number of hydrogen-bond acceptors (Lipinski definition) is 5. The van der Waals surface area contributed by atoms with Crippen LogP contribution in [0.2, 0.25) is 0 Å². The zero-order valence-electron chi connectivity index (χ0n) is 15.0. The van der Waals surface area contributed by atoms with Crippen molar-refractivity contribution in [2.75, 3.05) is 19.8 Å². The molecule has 3 heterocycles. The Morgan fingerprint density at radius 1 is 1.15 bits per heavy atom. The second kappa shape index (κ2) is 7.23. The first-order valence-electron chi connectivity index (χ1n) is 9.08. The Hall–Kier alpha value is -2.54. The molecule has 0 aliphatic carbocycles. The summed E-state index contributed by atoms with van der Waals surface area (Å²) < 4.78 is 11.2. The lowest BCUT2D eigenvalue weighted by Gasteiger charge is -2.37. The first-order valence-corrected chi connectivity index (χ1v) is 9.90. The smallest absolute Gasteiger partial charge is 0.308 e. The number of benzene rings is 1. The number of carboxylic acids is 1. The van der Waals surface area contributed by atoms with Crippen molar-refractivity contribution in [2.24, 2.45) is 5.92 Å². The Kier molecular flexibility index (Phi) is 4.78. The highest BCUT2D eigenvalue weighted by Gasteiger charge is 2.36. The van der Waals surface area contributed by atoms with Crippen LogP contribution in [0.15, 0.2) is 30.3 Å². The minimum absolute atomic E-state index is 0.0951. The zero-order chi connectivity index (χ0) is 19.0. The minimum Gasteiger partial charge on any atom is -0.486 e. The summed E-state index contributed by atoms with van der Waals surface area (Å²) in [7, 11) is 0. The molecule has 0 spiro atoms. The van der Waals surface area contributed by atoms with Crippen molar-refractivity contribution < 1.29 is 24.2 Å². The summed E-state index contributed by atoms with van der Waals surface area (Å²) in [5.41, 5.74) is 0.971. The average molecular weight is 387 g/mol. The third kappa shape index (κ3) is 3.39. The van der Waals surface area contributed by atoms with E-state index < -0.39 is 11.9 Å². The molecule has 0 saturated carbocycles. The number of likely N-dealkylation sites (tertiary alicyclic amines) is 1. The lowest BCUT2D eigenvalue weighted by atomic mass is 9.90. The Morgan fingerprint density at radius 3 is 2.70 bits per heavy atom. The molecular weight excluding hydrogens is 366 g/mol. The number of rotatable bonds is 3. The van der Waals surface area contributed by atoms with Gasteiger partial charge in [0, 0.05) is 17.5 Å². The first-order chi connectivity index (χ1) is 13.0. The molecule has 1 fully saturated rings. The van der Waals surface area contributed by atoms with Crippen molar-refractivity contribution in [2.45, 2.75) is 25.8 Å². The first kappa shape index (κ1) is 17.9. The van der Waals surface area contributed by atoms with E-state index >= 15 is 0 Å². The van der Waals surface area contributed by atoms with E-state index in [-0.39, 0.29) is 11.9 Å². The molecule has 6 nitrogen and oxygen atoms in total. The standard InChI is InChI=1S/C20H21NO5S/c1-12-14(20(23)24)3-2-8-21(12)19(22)18-7-6-17(27-18)13-4-5-15-16(11-13)26-10-9-25-15/h4-7,11-12,14H,2-3,8-10H2,1H3,(H,23,24)/t12-,14-/m1/s1. The molecule has 1 aromatic carbocycles. The SMILES string of the molecule is C[C@@H]1[C@H](C(=O)O)CCCN1C(=O)c1ccc(-c2ccc3c(c2)OCCO3)s1. The monoisotopic (exact) mass is 387 g/mol. The Balaban J connectivity index is 1.55. The molecule has 2 aliphatic rings. The summed E-state index contributed by atoms with van der Waals surface area (Å²) >= 11 is 1.42. The Bertz CT molecular complexity index is 877. The van der Waals surface area contributed by atoms with Crippen molar-refractivity contribution in [1.29, 1.82) is 0 Å². The van der Waals surface area contributed by atoms with Gasteiger partial charge in [0.15, 0.2) is 11.5 Å². The van der Waals surface area contributed by atoms with E-state index in [1.54, 1.807) is 4.90 Å². The van der Waals surface area contributed by atoms with Gasteiger partial charge in [-0.3, -0.25) is 9.59 Å². The number of carbonyl (C=O) groups excluding carboxylic acids is 1. The lowest BCUT2D eigenvalue weighted by Crippen LogP contribution is -2.48. The van der Waals surface area contributed by atoms with Crippen molar-refractivity contribution in [3.05, 3.63) is 35.2 Å². The lowest BCUT2D eigenvalue weighted by molar-refractivity contribution is -0.144. The van der Waals surface area contributed by atoms with Crippen LogP contribution in [0.1, 0.15) is 29.4 Å². The number of amides is 1. The number of carbonyl (C=O) groups is 2. The maximum Gasteiger partial charge on any atom is 0.308 e. The predicted octanol–water partition coefficient (Wildman–Crippen LogP) is 3.51. The fourth-order valence-electron chi connectivity index (χ4n) is 3.71. The van der Waals surface area contributed by atoms with E-state index in [4.69, 9.17) is 9.47 Å². The van der Waals surface area contributed by atoms with E-state index in [9.17, 15) is 14.7 Å². The van der Waals surface area contributed by atoms with Gasteiger partial charge in [0.25, 0.3) is 5.91 Å². The van der Waals surface area contributed by atoms with Gasteiger partial charge in [-0.25, -0.2) is 0 Å². The van der Waals surface area contributed by atoms with E-state index in [2.05, 4.69) is 0 Å². The molecule has 1 aromatic heterocycles. The Labute approximate surface area is 161 Å². The highest BCUT2D eigenvalue weighted by atomic mass is 32.1. The highest BCUT2D eigenvalue weighted by molar-refractivity contribution is 7.17. The van der Waals surface area contributed by atoms with Crippen LogP contribution in [0.5, 0.6) is 11.5 Å². The Morgan fingerprint density at radius 2 is 1.93 bits per heavy atom. The zero-order valence-corrected chi connectivity index (χ0v) is 15.8. The number of thiophene rings is 1. The van der Waals surface area contributed by atoms with Crippen molar-refractivity contribution >= 4 is 23.2 Å². The van der Waals surface area contributed by atoms with Gasteiger partial charge in [-0.2, -0.15) is 0 Å². The largest absolute Gasteiger partial charge is 0.486 e. The summed E-state index contributed by atoms with van der Waals surface area (Å²) in [6.45, 7) is 3.50. The predicted molar refractivity (Wildman–Crippen MR) is 102 cm³/mol. The fourth-order valence-corrected chi connectivity index (χ4v) is 4.66. The molecule has 1 saturated heterocycles. The van der Waals surface area contributed by atoms with Gasteiger partial charge in [-0.15, -0.1) is 11.3 Å². The molecule has 1 amide bonds. The van der Waals surface area contributed by atoms with Crippen LogP contribution >= 0.6 is 11.3 Å². The molecule has 0 unspecified atom stereocenters. The van der Waals surface area contributed by atoms with Crippen molar-refractivity contribution in [3.8, 4) is 21.9 Å². The van der Waals surface area contributed by atoms with Crippen LogP contribution in [-0.4, -0.2) is 47.7 Å². The topological polar surface area (TPSA) is 76.1 Å². The third-order valence-corrected chi connectivity index (χ3v) is 6.33. The second-order valence-corrected chi connectivity index (χ2v) is 7.93. The molecule has 0 bridgehead atoms. The van der Waals surface area contributed by atoms with Crippen LogP contribution in [0.3, 0.4) is 0 Å². The molecule has 7 heteroatoms. The van der Waals surface area contributed by atoms with E-state index in [1.807, 2.05) is 37.3 Å². The number of aliphatic carboxylic acids is 1. The molecule has 0 radical (unpaired) electrons. The van der Waals surface area contributed by atoms with Crippen molar-refractivity contribution in [1.82, 2.24) is 4.90 Å². The van der Waals surface area contributed by atoms with Crippen LogP contribution in [0.25, 0.3) is 10.4 Å². The normalized spacial score (nSPS) is 21.7.